The first-order chi connectivity index (χ1) is 3.55. The van der Waals surface area contributed by atoms with Crippen molar-refractivity contribution in [1.82, 2.24) is 0 Å². The zero-order valence-electron chi connectivity index (χ0n) is 3.98. The van der Waals surface area contributed by atoms with Crippen molar-refractivity contribution in [3.63, 3.8) is 0 Å². The fraction of sp³-hybridized carbons (Fsp3) is 0.667. The van der Waals surface area contributed by atoms with Crippen LogP contribution in [0.5, 0.6) is 0 Å². The summed E-state index contributed by atoms with van der Waals surface area (Å²) < 4.78 is -0.590. The van der Waals surface area contributed by atoms with E-state index in [-0.39, 0.29) is 0 Å². The summed E-state index contributed by atoms with van der Waals surface area (Å²) in [5.74, 6) is -1.08. The van der Waals surface area contributed by atoms with E-state index in [1.54, 1.807) is 0 Å². The lowest BCUT2D eigenvalue weighted by molar-refractivity contribution is -0.138. The van der Waals surface area contributed by atoms with Gasteiger partial charge in [0, 0.05) is 0 Å². The second kappa shape index (κ2) is 3.21. The summed E-state index contributed by atoms with van der Waals surface area (Å²) in [6.45, 7) is 0. The van der Waals surface area contributed by atoms with Gasteiger partial charge in [-0.1, -0.05) is 0 Å². The molecule has 0 aromatic rings. The van der Waals surface area contributed by atoms with Gasteiger partial charge in [-0.05, 0) is 0 Å². The van der Waals surface area contributed by atoms with Crippen molar-refractivity contribution in [1.29, 1.82) is 0 Å². The molecule has 0 bridgehead atoms. The Morgan fingerprint density at radius 1 is 1.62 bits per heavy atom. The minimum Gasteiger partial charge on any atom is -0.480 e. The summed E-state index contributed by atoms with van der Waals surface area (Å²) in [6, 6.07) is -0.985. The highest BCUT2D eigenvalue weighted by molar-refractivity contribution is 7.99. The molecule has 3 nitrogen and oxygen atoms in total. The molecule has 0 aliphatic heterocycles. The second-order valence-corrected chi connectivity index (χ2v) is 2.80. The maximum absolute atomic E-state index is 9.92. The largest absolute Gasteiger partial charge is 0.480 e. The molecule has 0 spiro atoms. The summed E-state index contributed by atoms with van der Waals surface area (Å²) in [5.41, 5.74) is 5.01. The fourth-order valence-electron chi connectivity index (χ4n) is 0.128. The van der Waals surface area contributed by atoms with Crippen molar-refractivity contribution < 1.29 is 9.90 Å². The van der Waals surface area contributed by atoms with Crippen LogP contribution in [0.3, 0.4) is 0 Å². The van der Waals surface area contributed by atoms with Gasteiger partial charge in [0.2, 0.25) is 0 Å². The van der Waals surface area contributed by atoms with Crippen molar-refractivity contribution >= 4 is 31.2 Å². The SMILES string of the molecule is NC(C(=O)O)C(S)S. The Bertz CT molecular complexity index is 95.3. The predicted molar refractivity (Wildman–Crippen MR) is 37.4 cm³/mol. The third-order valence-electron chi connectivity index (χ3n) is 0.606. The molecular weight excluding hydrogens is 146 g/mol. The lowest BCUT2D eigenvalue weighted by Crippen LogP contribution is -2.36. The van der Waals surface area contributed by atoms with E-state index in [1.165, 1.54) is 0 Å². The van der Waals surface area contributed by atoms with Crippen LogP contribution in [0, 0.1) is 0 Å². The van der Waals surface area contributed by atoms with Gasteiger partial charge in [-0.25, -0.2) is 0 Å². The molecule has 0 saturated heterocycles. The van der Waals surface area contributed by atoms with Gasteiger partial charge in [-0.2, -0.15) is 25.3 Å². The third kappa shape index (κ3) is 2.44. The third-order valence-corrected chi connectivity index (χ3v) is 1.25. The number of carbonyl (C=O) groups is 1. The molecule has 0 saturated carbocycles. The first-order valence-electron chi connectivity index (χ1n) is 1.90. The summed E-state index contributed by atoms with van der Waals surface area (Å²) in [6.07, 6.45) is 0. The first-order valence-corrected chi connectivity index (χ1v) is 2.93. The molecule has 1 atom stereocenters. The van der Waals surface area contributed by atoms with Crippen LogP contribution in [0.2, 0.25) is 0 Å². The van der Waals surface area contributed by atoms with Crippen LogP contribution in [-0.2, 0) is 4.79 Å². The topological polar surface area (TPSA) is 63.3 Å². The number of aliphatic carboxylic acids is 1. The van der Waals surface area contributed by atoms with E-state index in [1.807, 2.05) is 0 Å². The van der Waals surface area contributed by atoms with Crippen LogP contribution in [0.4, 0.5) is 0 Å². The molecule has 1 unspecified atom stereocenters. The maximum Gasteiger partial charge on any atom is 0.322 e. The highest BCUT2D eigenvalue weighted by Crippen LogP contribution is 2.03. The first kappa shape index (κ1) is 8.13. The highest BCUT2D eigenvalue weighted by Gasteiger charge is 2.16. The number of rotatable bonds is 2. The molecule has 0 aliphatic rings. The Kier molecular flexibility index (Phi) is 3.27. The lowest BCUT2D eigenvalue weighted by atomic mass is 10.4. The molecule has 48 valence electrons. The van der Waals surface area contributed by atoms with Crippen LogP contribution in [0.15, 0.2) is 0 Å². The Morgan fingerprint density at radius 2 is 2.00 bits per heavy atom. The van der Waals surface area contributed by atoms with Crippen LogP contribution in [-0.4, -0.2) is 21.7 Å². The van der Waals surface area contributed by atoms with Gasteiger partial charge in [0.15, 0.2) is 0 Å². The molecule has 0 heterocycles. The number of carboxylic acids is 1. The molecule has 0 amide bonds. The molecule has 0 radical (unpaired) electrons. The van der Waals surface area contributed by atoms with Gasteiger partial charge in [0.25, 0.3) is 0 Å². The molecule has 0 rings (SSSR count). The zero-order valence-corrected chi connectivity index (χ0v) is 5.77. The van der Waals surface area contributed by atoms with Gasteiger partial charge < -0.3 is 10.8 Å². The van der Waals surface area contributed by atoms with E-state index in [0.717, 1.165) is 0 Å². The quantitative estimate of drug-likeness (QED) is 0.322. The molecule has 0 fully saturated rings. The summed E-state index contributed by atoms with van der Waals surface area (Å²) in [4.78, 5) is 9.92. The molecule has 5 heteroatoms. The normalized spacial score (nSPS) is 14.0. The van der Waals surface area contributed by atoms with E-state index in [0.29, 0.717) is 0 Å². The number of hydrogen-bond acceptors (Lipinski definition) is 4. The Labute approximate surface area is 58.1 Å². The molecule has 8 heavy (non-hydrogen) atoms. The standard InChI is InChI=1S/C3H7NO2S2/c4-1(2(5)6)3(7)8/h1,3,7-8H,4H2,(H,5,6). The maximum atomic E-state index is 9.92. The summed E-state index contributed by atoms with van der Waals surface area (Å²) in [7, 11) is 0. The van der Waals surface area contributed by atoms with E-state index >= 15 is 0 Å². The minimum atomic E-state index is -1.08. The number of thiol groups is 2. The van der Waals surface area contributed by atoms with E-state index in [2.05, 4.69) is 25.3 Å². The predicted octanol–water partition coefficient (Wildman–Crippen LogP) is -0.416. The van der Waals surface area contributed by atoms with Crippen molar-refractivity contribution in [2.75, 3.05) is 0 Å². The average Bonchev–Trinajstić information content (AvgIpc) is 1.64. The van der Waals surface area contributed by atoms with Crippen molar-refractivity contribution in [3.8, 4) is 0 Å². The van der Waals surface area contributed by atoms with Gasteiger partial charge in [-0.3, -0.25) is 4.79 Å². The van der Waals surface area contributed by atoms with Crippen LogP contribution in [0.25, 0.3) is 0 Å². The second-order valence-electron chi connectivity index (χ2n) is 1.28. The summed E-state index contributed by atoms with van der Waals surface area (Å²) in [5, 5.41) is 8.13. The van der Waals surface area contributed by atoms with Gasteiger partial charge >= 0.3 is 5.97 Å². The van der Waals surface area contributed by atoms with Crippen molar-refractivity contribution in [2.24, 2.45) is 5.73 Å². The fourth-order valence-corrected chi connectivity index (χ4v) is 0.383. The molecule has 0 aromatic heterocycles. The zero-order chi connectivity index (χ0) is 6.73. The van der Waals surface area contributed by atoms with Crippen LogP contribution < -0.4 is 5.73 Å². The number of carboxylic acid groups (broad SMARTS) is 1. The highest BCUT2D eigenvalue weighted by atomic mass is 32.2. The smallest absolute Gasteiger partial charge is 0.322 e. The molecule has 0 aromatic carbocycles. The van der Waals surface area contributed by atoms with E-state index < -0.39 is 16.6 Å². The Balaban J connectivity index is 3.64. The monoisotopic (exact) mass is 153 g/mol. The molecular formula is C3H7NO2S2. The number of nitrogens with two attached hydrogens (primary N) is 1. The van der Waals surface area contributed by atoms with Gasteiger partial charge in [0.05, 0.1) is 4.58 Å². The molecule has 3 N–H and O–H groups in total. The van der Waals surface area contributed by atoms with Crippen molar-refractivity contribution in [2.45, 2.75) is 10.6 Å². The average molecular weight is 153 g/mol. The van der Waals surface area contributed by atoms with Crippen LogP contribution >= 0.6 is 25.3 Å². The van der Waals surface area contributed by atoms with Gasteiger partial charge in [-0.15, -0.1) is 0 Å². The summed E-state index contributed by atoms with van der Waals surface area (Å²) >= 11 is 7.38. The lowest BCUT2D eigenvalue weighted by Gasteiger charge is -2.06. The Morgan fingerprint density at radius 3 is 2.00 bits per heavy atom. The number of hydrogen-bond donors (Lipinski definition) is 4. The van der Waals surface area contributed by atoms with Crippen molar-refractivity contribution in [3.05, 3.63) is 0 Å². The van der Waals surface area contributed by atoms with Crippen LogP contribution in [0.1, 0.15) is 0 Å². The van der Waals surface area contributed by atoms with Gasteiger partial charge in [0.1, 0.15) is 6.04 Å². The minimum absolute atomic E-state index is 0.590. The molecule has 0 aliphatic carbocycles. The van der Waals surface area contributed by atoms with E-state index in [4.69, 9.17) is 10.8 Å². The van der Waals surface area contributed by atoms with E-state index in [9.17, 15) is 4.79 Å². The Hall–Kier alpha value is 0.130.